The molecule has 0 unspecified atom stereocenters. The summed E-state index contributed by atoms with van der Waals surface area (Å²) in [6.45, 7) is 11.2. The highest BCUT2D eigenvalue weighted by Crippen LogP contribution is 2.34. The van der Waals surface area contributed by atoms with Gasteiger partial charge in [0.25, 0.3) is 0 Å². The maximum atomic E-state index is 4.96. The molecule has 1 N–H and O–H groups in total. The fraction of sp³-hybridized carbons (Fsp3) is 0.824. The summed E-state index contributed by atoms with van der Waals surface area (Å²) in [6.07, 6.45) is 6.52. The van der Waals surface area contributed by atoms with E-state index < -0.39 is 0 Å². The van der Waals surface area contributed by atoms with Crippen LogP contribution in [0, 0.1) is 0 Å². The number of aromatic nitrogens is 1. The van der Waals surface area contributed by atoms with Crippen molar-refractivity contribution in [2.75, 3.05) is 18.5 Å². The van der Waals surface area contributed by atoms with Crippen LogP contribution in [0.25, 0.3) is 0 Å². The molecule has 1 aliphatic rings. The summed E-state index contributed by atoms with van der Waals surface area (Å²) in [5.74, 6) is 0. The molecule has 21 heavy (non-hydrogen) atoms. The summed E-state index contributed by atoms with van der Waals surface area (Å²) in [6, 6.07) is 0.755. The SMILES string of the molecule is CCCCCN(C)c1nc(C(C)(C)C)c(CNC2CC2)s1. The van der Waals surface area contributed by atoms with Crippen LogP contribution in [0.1, 0.15) is 70.4 Å². The van der Waals surface area contributed by atoms with Gasteiger partial charge in [-0.1, -0.05) is 40.5 Å². The third-order valence-electron chi connectivity index (χ3n) is 3.95. The van der Waals surface area contributed by atoms with Crippen LogP contribution in [0.5, 0.6) is 0 Å². The number of rotatable bonds is 8. The Morgan fingerprint density at radius 3 is 2.57 bits per heavy atom. The van der Waals surface area contributed by atoms with E-state index in [-0.39, 0.29) is 5.41 Å². The van der Waals surface area contributed by atoms with Gasteiger partial charge in [0.15, 0.2) is 5.13 Å². The second kappa shape index (κ2) is 7.10. The number of unbranched alkanes of at least 4 members (excludes halogenated alkanes) is 2. The maximum absolute atomic E-state index is 4.96. The molecule has 0 aromatic carbocycles. The summed E-state index contributed by atoms with van der Waals surface area (Å²) in [4.78, 5) is 8.72. The van der Waals surface area contributed by atoms with Gasteiger partial charge in [-0.2, -0.15) is 0 Å². The minimum atomic E-state index is 0.125. The van der Waals surface area contributed by atoms with Gasteiger partial charge < -0.3 is 10.2 Å². The Labute approximate surface area is 134 Å². The quantitative estimate of drug-likeness (QED) is 0.725. The third-order valence-corrected chi connectivity index (χ3v) is 5.12. The molecule has 120 valence electrons. The molecule has 0 saturated heterocycles. The molecular weight excluding hydrogens is 278 g/mol. The van der Waals surface area contributed by atoms with Crippen LogP contribution in [0.2, 0.25) is 0 Å². The minimum absolute atomic E-state index is 0.125. The number of nitrogens with one attached hydrogen (secondary N) is 1. The minimum Gasteiger partial charge on any atom is -0.351 e. The Hall–Kier alpha value is -0.610. The highest BCUT2D eigenvalue weighted by molar-refractivity contribution is 7.15. The number of hydrogen-bond donors (Lipinski definition) is 1. The van der Waals surface area contributed by atoms with Gasteiger partial charge >= 0.3 is 0 Å². The molecule has 2 rings (SSSR count). The van der Waals surface area contributed by atoms with Gasteiger partial charge in [0, 0.05) is 36.5 Å². The highest BCUT2D eigenvalue weighted by atomic mass is 32.1. The maximum Gasteiger partial charge on any atom is 0.185 e. The zero-order valence-corrected chi connectivity index (χ0v) is 15.1. The van der Waals surface area contributed by atoms with Gasteiger partial charge in [0.2, 0.25) is 0 Å². The predicted molar refractivity (Wildman–Crippen MR) is 93.5 cm³/mol. The van der Waals surface area contributed by atoms with Crippen LogP contribution in [0.15, 0.2) is 0 Å². The Kier molecular flexibility index (Phi) is 5.67. The summed E-state index contributed by atoms with van der Waals surface area (Å²) in [5.41, 5.74) is 1.40. The Morgan fingerprint density at radius 1 is 1.29 bits per heavy atom. The molecule has 1 aromatic heterocycles. The van der Waals surface area contributed by atoms with Gasteiger partial charge in [0.1, 0.15) is 0 Å². The smallest absolute Gasteiger partial charge is 0.185 e. The molecule has 1 heterocycles. The Morgan fingerprint density at radius 2 is 2.00 bits per heavy atom. The average molecular weight is 310 g/mol. The standard InChI is InChI=1S/C17H31N3S/c1-6-7-8-11-20(5)16-19-15(17(2,3)4)14(21-16)12-18-13-9-10-13/h13,18H,6-12H2,1-5H3. The van der Waals surface area contributed by atoms with Gasteiger partial charge in [-0.25, -0.2) is 4.98 Å². The first-order valence-electron chi connectivity index (χ1n) is 8.36. The molecule has 0 atom stereocenters. The normalized spacial score (nSPS) is 15.5. The van der Waals surface area contributed by atoms with Crippen molar-refractivity contribution in [3.05, 3.63) is 10.6 Å². The fourth-order valence-corrected chi connectivity index (χ4v) is 3.64. The molecule has 0 radical (unpaired) electrons. The molecule has 0 spiro atoms. The second-order valence-corrected chi connectivity index (χ2v) is 8.36. The predicted octanol–water partition coefficient (Wildman–Crippen LogP) is 4.32. The van der Waals surface area contributed by atoms with E-state index in [9.17, 15) is 0 Å². The van der Waals surface area contributed by atoms with E-state index in [0.717, 1.165) is 19.1 Å². The van der Waals surface area contributed by atoms with Crippen molar-refractivity contribution in [1.29, 1.82) is 0 Å². The molecule has 0 amide bonds. The summed E-state index contributed by atoms with van der Waals surface area (Å²) in [7, 11) is 2.18. The molecule has 0 aliphatic heterocycles. The zero-order chi connectivity index (χ0) is 15.5. The van der Waals surface area contributed by atoms with E-state index in [2.05, 4.69) is 45.0 Å². The van der Waals surface area contributed by atoms with Crippen LogP contribution in [0.3, 0.4) is 0 Å². The summed E-state index contributed by atoms with van der Waals surface area (Å²) < 4.78 is 0. The Bertz CT molecular complexity index is 443. The summed E-state index contributed by atoms with van der Waals surface area (Å²) >= 11 is 1.87. The van der Waals surface area contributed by atoms with Gasteiger partial charge in [-0.3, -0.25) is 0 Å². The van der Waals surface area contributed by atoms with Crippen LogP contribution in [0.4, 0.5) is 5.13 Å². The lowest BCUT2D eigenvalue weighted by molar-refractivity contribution is 0.558. The van der Waals surface area contributed by atoms with Crippen molar-refractivity contribution in [2.45, 2.75) is 77.8 Å². The van der Waals surface area contributed by atoms with Crippen LogP contribution in [-0.4, -0.2) is 24.6 Å². The van der Waals surface area contributed by atoms with Crippen molar-refractivity contribution >= 4 is 16.5 Å². The van der Waals surface area contributed by atoms with Crippen molar-refractivity contribution in [1.82, 2.24) is 10.3 Å². The number of nitrogens with zero attached hydrogens (tertiary/aromatic N) is 2. The van der Waals surface area contributed by atoms with E-state index in [4.69, 9.17) is 4.98 Å². The van der Waals surface area contributed by atoms with Crippen LogP contribution < -0.4 is 10.2 Å². The van der Waals surface area contributed by atoms with E-state index in [1.807, 2.05) is 11.3 Å². The summed E-state index contributed by atoms with van der Waals surface area (Å²) in [5, 5.41) is 4.83. The molecule has 4 heteroatoms. The van der Waals surface area contributed by atoms with Crippen molar-refractivity contribution in [3.8, 4) is 0 Å². The first-order valence-corrected chi connectivity index (χ1v) is 9.18. The largest absolute Gasteiger partial charge is 0.351 e. The number of anilines is 1. The monoisotopic (exact) mass is 309 g/mol. The molecule has 1 aliphatic carbocycles. The molecule has 0 bridgehead atoms. The molecule has 1 aromatic rings. The fourth-order valence-electron chi connectivity index (χ4n) is 2.43. The molecule has 1 fully saturated rings. The highest BCUT2D eigenvalue weighted by Gasteiger charge is 2.26. The van der Waals surface area contributed by atoms with E-state index in [0.29, 0.717) is 0 Å². The van der Waals surface area contributed by atoms with Crippen molar-refractivity contribution in [3.63, 3.8) is 0 Å². The zero-order valence-electron chi connectivity index (χ0n) is 14.3. The molecule has 3 nitrogen and oxygen atoms in total. The van der Waals surface area contributed by atoms with Gasteiger partial charge in [0.05, 0.1) is 5.69 Å². The lowest BCUT2D eigenvalue weighted by atomic mass is 9.91. The third kappa shape index (κ3) is 4.96. The lowest BCUT2D eigenvalue weighted by Gasteiger charge is -2.18. The number of thiazole rings is 1. The first-order chi connectivity index (χ1) is 9.91. The van der Waals surface area contributed by atoms with Crippen LogP contribution in [-0.2, 0) is 12.0 Å². The molecular formula is C17H31N3S. The van der Waals surface area contributed by atoms with Gasteiger partial charge in [-0.05, 0) is 19.3 Å². The number of hydrogen-bond acceptors (Lipinski definition) is 4. The van der Waals surface area contributed by atoms with E-state index in [1.54, 1.807) is 0 Å². The second-order valence-electron chi connectivity index (χ2n) is 7.30. The molecule has 1 saturated carbocycles. The first kappa shape index (κ1) is 16.8. The van der Waals surface area contributed by atoms with Crippen molar-refractivity contribution < 1.29 is 0 Å². The van der Waals surface area contributed by atoms with E-state index in [1.165, 1.54) is 47.8 Å². The van der Waals surface area contributed by atoms with Gasteiger partial charge in [-0.15, -0.1) is 11.3 Å². The Balaban J connectivity index is 2.06. The van der Waals surface area contributed by atoms with Crippen molar-refractivity contribution in [2.24, 2.45) is 0 Å². The lowest BCUT2D eigenvalue weighted by Crippen LogP contribution is -2.20. The van der Waals surface area contributed by atoms with Crippen LogP contribution >= 0.6 is 11.3 Å². The van der Waals surface area contributed by atoms with E-state index >= 15 is 0 Å². The average Bonchev–Trinajstić information content (AvgIpc) is 3.13. The topological polar surface area (TPSA) is 28.2 Å².